The van der Waals surface area contributed by atoms with Crippen LogP contribution < -0.4 is 5.32 Å². The minimum absolute atomic E-state index is 0.00170. The maximum Gasteiger partial charge on any atom is 0.185 e. The van der Waals surface area contributed by atoms with Gasteiger partial charge in [0.1, 0.15) is 23.8 Å². The lowest BCUT2D eigenvalue weighted by Gasteiger charge is -2.44. The van der Waals surface area contributed by atoms with Gasteiger partial charge in [-0.15, -0.1) is 10.2 Å². The van der Waals surface area contributed by atoms with Gasteiger partial charge in [0.05, 0.1) is 29.3 Å². The Balaban J connectivity index is 1.39. The molecule has 32 heavy (non-hydrogen) atoms. The molecule has 166 valence electrons. The smallest absolute Gasteiger partial charge is 0.185 e. The Hall–Kier alpha value is -3.20. The zero-order chi connectivity index (χ0) is 22.7. The van der Waals surface area contributed by atoms with E-state index in [-0.39, 0.29) is 24.4 Å². The third kappa shape index (κ3) is 3.19. The van der Waals surface area contributed by atoms with E-state index in [9.17, 15) is 9.50 Å². The van der Waals surface area contributed by atoms with Crippen LogP contribution >= 0.6 is 0 Å². The minimum atomic E-state index is -1.30. The van der Waals surface area contributed by atoms with Crippen LogP contribution in [0.15, 0.2) is 49.7 Å². The molecule has 3 aromatic rings. The van der Waals surface area contributed by atoms with Crippen LogP contribution in [0.4, 0.5) is 8.78 Å². The van der Waals surface area contributed by atoms with E-state index in [1.165, 1.54) is 6.20 Å². The van der Waals surface area contributed by atoms with Crippen molar-refractivity contribution in [2.75, 3.05) is 0 Å². The largest absolute Gasteiger partial charge is 0.507 e. The van der Waals surface area contributed by atoms with Gasteiger partial charge in [-0.2, -0.15) is 0 Å². The van der Waals surface area contributed by atoms with Gasteiger partial charge in [-0.25, -0.2) is 18.7 Å². The van der Waals surface area contributed by atoms with Gasteiger partial charge in [0.2, 0.25) is 0 Å². The highest BCUT2D eigenvalue weighted by Crippen LogP contribution is 2.50. The average molecular weight is 438 g/mol. The van der Waals surface area contributed by atoms with Crippen molar-refractivity contribution in [1.82, 2.24) is 30.0 Å². The van der Waals surface area contributed by atoms with Crippen molar-refractivity contribution in [3.63, 3.8) is 0 Å². The van der Waals surface area contributed by atoms with Crippen molar-refractivity contribution in [2.24, 2.45) is 5.92 Å². The van der Waals surface area contributed by atoms with E-state index in [0.29, 0.717) is 16.8 Å². The summed E-state index contributed by atoms with van der Waals surface area (Å²) in [6.07, 6.45) is 4.51. The Morgan fingerprint density at radius 1 is 1.22 bits per heavy atom. The molecular formula is C23H24F2N6O. The number of imidazole rings is 1. The molecule has 4 heterocycles. The summed E-state index contributed by atoms with van der Waals surface area (Å²) in [7, 11) is 0. The Bertz CT molecular complexity index is 1170. The summed E-state index contributed by atoms with van der Waals surface area (Å²) in [5.74, 6) is -0.351. The number of aromatic nitrogens is 5. The minimum Gasteiger partial charge on any atom is -0.507 e. The van der Waals surface area contributed by atoms with Crippen LogP contribution in [0.25, 0.3) is 22.6 Å². The fraction of sp³-hybridized carbons (Fsp3) is 0.391. The summed E-state index contributed by atoms with van der Waals surface area (Å²) in [4.78, 5) is 8.31. The summed E-state index contributed by atoms with van der Waals surface area (Å²) < 4.78 is 31.7. The quantitative estimate of drug-likeness (QED) is 0.647. The average Bonchev–Trinajstić information content (AvgIpc) is 3.37. The second-order valence-corrected chi connectivity index (χ2v) is 9.21. The molecule has 1 unspecified atom stereocenters. The molecule has 1 aromatic carbocycles. The van der Waals surface area contributed by atoms with Crippen molar-refractivity contribution in [1.29, 1.82) is 0 Å². The van der Waals surface area contributed by atoms with E-state index in [1.54, 1.807) is 55.3 Å². The fourth-order valence-corrected chi connectivity index (χ4v) is 5.06. The number of benzene rings is 1. The number of allylic oxidation sites excluding steroid dienone is 1. The highest BCUT2D eigenvalue weighted by Gasteiger charge is 2.61. The Labute approximate surface area is 184 Å². The van der Waals surface area contributed by atoms with E-state index in [2.05, 4.69) is 32.1 Å². The van der Waals surface area contributed by atoms with Crippen molar-refractivity contribution in [3.05, 3.63) is 55.4 Å². The Kier molecular flexibility index (Phi) is 4.63. The van der Waals surface area contributed by atoms with Crippen LogP contribution in [0.3, 0.4) is 0 Å². The van der Waals surface area contributed by atoms with Gasteiger partial charge < -0.3 is 15.0 Å². The monoisotopic (exact) mass is 438 g/mol. The number of nitrogens with zero attached hydrogens (tertiary/aromatic N) is 5. The first-order chi connectivity index (χ1) is 15.2. The van der Waals surface area contributed by atoms with Gasteiger partial charge in [-0.1, -0.05) is 6.58 Å². The number of aromatic hydroxyl groups is 1. The van der Waals surface area contributed by atoms with Crippen LogP contribution in [-0.4, -0.2) is 53.3 Å². The number of phenolic OH excluding ortho intramolecular Hbond substituents is 1. The molecule has 5 rings (SSSR count). The van der Waals surface area contributed by atoms with Gasteiger partial charge in [0.25, 0.3) is 0 Å². The molecule has 0 aliphatic carbocycles. The van der Waals surface area contributed by atoms with E-state index >= 15 is 4.39 Å². The number of alkyl halides is 2. The summed E-state index contributed by atoms with van der Waals surface area (Å²) >= 11 is 0. The Morgan fingerprint density at radius 3 is 2.69 bits per heavy atom. The lowest BCUT2D eigenvalue weighted by Crippen LogP contribution is -2.61. The normalized spacial score (nSPS) is 31.6. The van der Waals surface area contributed by atoms with Gasteiger partial charge in [0, 0.05) is 36.3 Å². The molecule has 7 nitrogen and oxygen atoms in total. The molecule has 2 saturated heterocycles. The van der Waals surface area contributed by atoms with Gasteiger partial charge in [-0.3, -0.25) is 0 Å². The maximum atomic E-state index is 15.4. The molecule has 2 aliphatic rings. The number of rotatable bonds is 4. The molecule has 2 bridgehead atoms. The number of nitrogens with one attached hydrogen (secondary N) is 1. The SMILES string of the molecule is C=C(c1cnc(-c2ccc(-n3ccnc3)cc2O)nn1)C1C[C@]2(C)N[C@@](C)(C[C@H]2F)[C@H]1F. The standard InChI is InChI=1S/C23H24F2N6O/c1-13(16-9-22(2)19(24)10-23(3,30-22)20(16)25)17-11-27-21(29-28-17)15-5-4-14(8-18(15)32)31-7-6-26-12-31/h4-8,11-12,16,19-20,30,32H,1,9-10H2,2-3H3/t16?,19-,20+,22+,23+/m1/s1. The lowest BCUT2D eigenvalue weighted by molar-refractivity contribution is 0.0708. The van der Waals surface area contributed by atoms with Crippen LogP contribution in [-0.2, 0) is 0 Å². The second kappa shape index (κ2) is 7.16. The van der Waals surface area contributed by atoms with Gasteiger partial charge in [-0.05, 0) is 38.0 Å². The summed E-state index contributed by atoms with van der Waals surface area (Å²) in [6, 6.07) is 5.09. The molecule has 9 heteroatoms. The van der Waals surface area contributed by atoms with E-state index in [0.717, 1.165) is 5.69 Å². The molecule has 2 aromatic heterocycles. The third-order valence-electron chi connectivity index (χ3n) is 6.83. The predicted molar refractivity (Wildman–Crippen MR) is 116 cm³/mol. The van der Waals surface area contributed by atoms with Crippen LogP contribution in [0.2, 0.25) is 0 Å². The Morgan fingerprint density at radius 2 is 2.03 bits per heavy atom. The highest BCUT2D eigenvalue weighted by atomic mass is 19.1. The topological polar surface area (TPSA) is 88.8 Å². The summed E-state index contributed by atoms with van der Waals surface area (Å²) in [5.41, 5.74) is 0.237. The first-order valence-corrected chi connectivity index (χ1v) is 10.5. The molecule has 0 saturated carbocycles. The lowest BCUT2D eigenvalue weighted by atomic mass is 9.75. The zero-order valence-electron chi connectivity index (χ0n) is 17.8. The number of piperidine rings is 1. The molecule has 2 aliphatic heterocycles. The second-order valence-electron chi connectivity index (χ2n) is 9.21. The molecule has 0 spiro atoms. The molecule has 2 fully saturated rings. The first kappa shape index (κ1) is 20.7. The van der Waals surface area contributed by atoms with Crippen molar-refractivity contribution in [2.45, 2.75) is 50.1 Å². The molecular weight excluding hydrogens is 414 g/mol. The maximum absolute atomic E-state index is 15.4. The molecule has 5 atom stereocenters. The van der Waals surface area contributed by atoms with E-state index in [1.807, 2.05) is 0 Å². The van der Waals surface area contributed by atoms with Crippen molar-refractivity contribution < 1.29 is 13.9 Å². The van der Waals surface area contributed by atoms with E-state index < -0.39 is 29.3 Å². The number of hydrogen-bond donors (Lipinski definition) is 2. The van der Waals surface area contributed by atoms with Crippen LogP contribution in [0, 0.1) is 5.92 Å². The fourth-order valence-electron chi connectivity index (χ4n) is 5.06. The van der Waals surface area contributed by atoms with Gasteiger partial charge in [0.15, 0.2) is 5.82 Å². The van der Waals surface area contributed by atoms with Crippen LogP contribution in [0.1, 0.15) is 32.4 Å². The van der Waals surface area contributed by atoms with Crippen LogP contribution in [0.5, 0.6) is 5.75 Å². The summed E-state index contributed by atoms with van der Waals surface area (Å²) in [5, 5.41) is 21.9. The first-order valence-electron chi connectivity index (χ1n) is 10.5. The predicted octanol–water partition coefficient (Wildman–Crippen LogP) is 3.65. The number of fused-ring (bicyclic) bond motifs is 2. The van der Waals surface area contributed by atoms with Crippen molar-refractivity contribution >= 4 is 5.57 Å². The third-order valence-corrected chi connectivity index (χ3v) is 6.83. The molecule has 0 amide bonds. The number of halogens is 2. The highest BCUT2D eigenvalue weighted by molar-refractivity contribution is 5.67. The van der Waals surface area contributed by atoms with Gasteiger partial charge >= 0.3 is 0 Å². The van der Waals surface area contributed by atoms with Crippen molar-refractivity contribution in [3.8, 4) is 22.8 Å². The zero-order valence-corrected chi connectivity index (χ0v) is 17.8. The molecule has 0 radical (unpaired) electrons. The molecule has 2 N–H and O–H groups in total. The van der Waals surface area contributed by atoms with E-state index in [4.69, 9.17) is 0 Å². The number of phenols is 1. The number of hydrogen-bond acceptors (Lipinski definition) is 6. The summed E-state index contributed by atoms with van der Waals surface area (Å²) in [6.45, 7) is 7.56.